The van der Waals surface area contributed by atoms with Gasteiger partial charge in [0.05, 0.1) is 4.99 Å². The number of carbonyl (C=O) groups is 1. The first kappa shape index (κ1) is 12.8. The summed E-state index contributed by atoms with van der Waals surface area (Å²) in [4.78, 5) is 17.8. The van der Waals surface area contributed by atoms with Crippen molar-refractivity contribution >= 4 is 28.8 Å². The van der Waals surface area contributed by atoms with Crippen molar-refractivity contribution in [2.45, 2.75) is 25.3 Å². The van der Waals surface area contributed by atoms with Crippen molar-refractivity contribution < 1.29 is 4.79 Å². The zero-order valence-corrected chi connectivity index (χ0v) is 10.8. The standard InChI is InChI=1S/C12H16N4OS/c13-11(18)4-6-16(8-1-2-8)9-3-5-15-10(7-9)12(14)17/h3,5,7-8H,1-2,4,6H2,(H2,13,18)(H2,14,17). The van der Waals surface area contributed by atoms with Gasteiger partial charge in [-0.15, -0.1) is 0 Å². The Labute approximate surface area is 111 Å². The Hall–Kier alpha value is -1.69. The molecule has 0 aliphatic heterocycles. The van der Waals surface area contributed by atoms with Crippen molar-refractivity contribution in [2.24, 2.45) is 11.5 Å². The number of hydrogen-bond acceptors (Lipinski definition) is 4. The van der Waals surface area contributed by atoms with E-state index in [1.165, 1.54) is 0 Å². The number of carbonyl (C=O) groups excluding carboxylic acids is 1. The highest BCUT2D eigenvalue weighted by Gasteiger charge is 2.29. The minimum Gasteiger partial charge on any atom is -0.393 e. The first-order valence-electron chi connectivity index (χ1n) is 5.88. The number of amides is 1. The van der Waals surface area contributed by atoms with Crippen LogP contribution in [0.15, 0.2) is 18.3 Å². The van der Waals surface area contributed by atoms with E-state index in [4.69, 9.17) is 23.7 Å². The smallest absolute Gasteiger partial charge is 0.267 e. The number of thiocarbonyl (C=S) groups is 1. The molecular formula is C12H16N4OS. The third-order valence-electron chi connectivity index (χ3n) is 2.91. The SMILES string of the molecule is NC(=O)c1cc(N(CCC(N)=S)C2CC2)ccn1. The summed E-state index contributed by atoms with van der Waals surface area (Å²) in [5, 5.41) is 0. The number of nitrogens with two attached hydrogens (primary N) is 2. The minimum atomic E-state index is -0.512. The maximum Gasteiger partial charge on any atom is 0.267 e. The van der Waals surface area contributed by atoms with Crippen LogP contribution in [0.4, 0.5) is 5.69 Å². The van der Waals surface area contributed by atoms with E-state index in [0.29, 0.717) is 17.5 Å². The highest BCUT2D eigenvalue weighted by atomic mass is 32.1. The molecular weight excluding hydrogens is 248 g/mol. The lowest BCUT2D eigenvalue weighted by atomic mass is 10.2. The van der Waals surface area contributed by atoms with Crippen LogP contribution >= 0.6 is 12.2 Å². The second-order valence-electron chi connectivity index (χ2n) is 4.40. The van der Waals surface area contributed by atoms with Crippen LogP contribution in [-0.4, -0.2) is 28.5 Å². The van der Waals surface area contributed by atoms with E-state index in [1.807, 2.05) is 6.07 Å². The molecule has 0 radical (unpaired) electrons. The predicted molar refractivity (Wildman–Crippen MR) is 74.5 cm³/mol. The van der Waals surface area contributed by atoms with Gasteiger partial charge in [-0.2, -0.15) is 0 Å². The van der Waals surface area contributed by atoms with E-state index in [-0.39, 0.29) is 5.69 Å². The Kier molecular flexibility index (Phi) is 3.76. The van der Waals surface area contributed by atoms with Crippen molar-refractivity contribution in [3.63, 3.8) is 0 Å². The molecule has 1 fully saturated rings. The molecule has 1 heterocycles. The lowest BCUT2D eigenvalue weighted by Gasteiger charge is -2.24. The van der Waals surface area contributed by atoms with Crippen molar-refractivity contribution in [2.75, 3.05) is 11.4 Å². The summed E-state index contributed by atoms with van der Waals surface area (Å²) in [6.07, 6.45) is 4.59. The Morgan fingerprint density at radius 1 is 1.50 bits per heavy atom. The second-order valence-corrected chi connectivity index (χ2v) is 4.93. The molecule has 1 aromatic rings. The maximum atomic E-state index is 11.1. The van der Waals surface area contributed by atoms with Gasteiger partial charge in [0.15, 0.2) is 0 Å². The van der Waals surface area contributed by atoms with Gasteiger partial charge < -0.3 is 16.4 Å². The molecule has 6 heteroatoms. The van der Waals surface area contributed by atoms with E-state index >= 15 is 0 Å². The molecule has 0 unspecified atom stereocenters. The average Bonchev–Trinajstić information content (AvgIpc) is 3.14. The molecule has 1 saturated carbocycles. The average molecular weight is 264 g/mol. The molecule has 96 valence electrons. The third-order valence-corrected chi connectivity index (χ3v) is 3.12. The van der Waals surface area contributed by atoms with Gasteiger partial charge in [-0.1, -0.05) is 12.2 Å². The van der Waals surface area contributed by atoms with Crippen LogP contribution in [0.1, 0.15) is 29.8 Å². The van der Waals surface area contributed by atoms with Gasteiger partial charge in [-0.05, 0) is 25.0 Å². The van der Waals surface area contributed by atoms with Crippen LogP contribution in [0.3, 0.4) is 0 Å². The van der Waals surface area contributed by atoms with E-state index < -0.39 is 5.91 Å². The van der Waals surface area contributed by atoms with Crippen LogP contribution < -0.4 is 16.4 Å². The Morgan fingerprint density at radius 3 is 2.78 bits per heavy atom. The molecule has 0 spiro atoms. The summed E-state index contributed by atoms with van der Waals surface area (Å²) in [6, 6.07) is 4.12. The highest BCUT2D eigenvalue weighted by Crippen LogP contribution is 2.31. The molecule has 4 N–H and O–H groups in total. The second kappa shape index (κ2) is 5.30. The van der Waals surface area contributed by atoms with Crippen LogP contribution in [0.25, 0.3) is 0 Å². The predicted octanol–water partition coefficient (Wildman–Crippen LogP) is 0.825. The minimum absolute atomic E-state index is 0.286. The van der Waals surface area contributed by atoms with Crippen LogP contribution in [-0.2, 0) is 0 Å². The third kappa shape index (κ3) is 3.16. The number of hydrogen-bond donors (Lipinski definition) is 2. The normalized spacial score (nSPS) is 14.2. The topological polar surface area (TPSA) is 85.2 Å². The van der Waals surface area contributed by atoms with Crippen molar-refractivity contribution in [1.29, 1.82) is 0 Å². The fourth-order valence-electron chi connectivity index (χ4n) is 1.87. The van der Waals surface area contributed by atoms with Gasteiger partial charge in [0.25, 0.3) is 5.91 Å². The van der Waals surface area contributed by atoms with Crippen molar-refractivity contribution in [3.05, 3.63) is 24.0 Å². The molecule has 1 aliphatic carbocycles. The summed E-state index contributed by atoms with van der Waals surface area (Å²) in [7, 11) is 0. The van der Waals surface area contributed by atoms with Crippen molar-refractivity contribution in [1.82, 2.24) is 4.98 Å². The van der Waals surface area contributed by atoms with Gasteiger partial charge in [0, 0.05) is 30.9 Å². The number of rotatable bonds is 6. The Morgan fingerprint density at radius 2 is 2.22 bits per heavy atom. The summed E-state index contributed by atoms with van der Waals surface area (Å²) in [5.74, 6) is -0.512. The van der Waals surface area contributed by atoms with E-state index in [1.54, 1.807) is 12.3 Å². The summed E-state index contributed by atoms with van der Waals surface area (Å²) >= 11 is 4.90. The quantitative estimate of drug-likeness (QED) is 0.743. The van der Waals surface area contributed by atoms with Crippen molar-refractivity contribution in [3.8, 4) is 0 Å². The largest absolute Gasteiger partial charge is 0.393 e. The zero-order valence-electron chi connectivity index (χ0n) is 10.0. The fraction of sp³-hybridized carbons (Fsp3) is 0.417. The van der Waals surface area contributed by atoms with Gasteiger partial charge in [-0.3, -0.25) is 9.78 Å². The molecule has 5 nitrogen and oxygen atoms in total. The molecule has 0 atom stereocenters. The molecule has 1 aliphatic rings. The number of aromatic nitrogens is 1. The van der Waals surface area contributed by atoms with Crippen LogP contribution in [0, 0.1) is 0 Å². The molecule has 0 bridgehead atoms. The molecule has 1 aromatic heterocycles. The molecule has 0 saturated heterocycles. The van der Waals surface area contributed by atoms with E-state index in [9.17, 15) is 4.79 Å². The Bertz CT molecular complexity index is 473. The molecule has 2 rings (SSSR count). The lowest BCUT2D eigenvalue weighted by molar-refractivity contribution is 0.0995. The molecule has 1 amide bonds. The van der Waals surface area contributed by atoms with Crippen LogP contribution in [0.5, 0.6) is 0 Å². The number of nitrogens with zero attached hydrogens (tertiary/aromatic N) is 2. The zero-order chi connectivity index (χ0) is 13.1. The summed E-state index contributed by atoms with van der Waals surface area (Å²) in [6.45, 7) is 0.766. The first-order chi connectivity index (χ1) is 8.58. The lowest BCUT2D eigenvalue weighted by Crippen LogP contribution is -2.30. The van der Waals surface area contributed by atoms with Gasteiger partial charge in [-0.25, -0.2) is 0 Å². The fourth-order valence-corrected chi connectivity index (χ4v) is 1.96. The van der Waals surface area contributed by atoms with E-state index in [0.717, 1.165) is 25.1 Å². The number of primary amides is 1. The highest BCUT2D eigenvalue weighted by molar-refractivity contribution is 7.80. The number of anilines is 1. The van der Waals surface area contributed by atoms with Gasteiger partial charge >= 0.3 is 0 Å². The summed E-state index contributed by atoms with van der Waals surface area (Å²) in [5.41, 5.74) is 12.0. The number of pyridine rings is 1. The Balaban J connectivity index is 2.16. The van der Waals surface area contributed by atoms with E-state index in [2.05, 4.69) is 9.88 Å². The molecule has 0 aromatic carbocycles. The van der Waals surface area contributed by atoms with Gasteiger partial charge in [0.1, 0.15) is 5.69 Å². The van der Waals surface area contributed by atoms with Crippen LogP contribution in [0.2, 0.25) is 0 Å². The molecule has 18 heavy (non-hydrogen) atoms. The monoisotopic (exact) mass is 264 g/mol. The maximum absolute atomic E-state index is 11.1. The van der Waals surface area contributed by atoms with Gasteiger partial charge in [0.2, 0.25) is 0 Å². The summed E-state index contributed by atoms with van der Waals surface area (Å²) < 4.78 is 0. The first-order valence-corrected chi connectivity index (χ1v) is 6.29.